The predicted octanol–water partition coefficient (Wildman–Crippen LogP) is 2.84. The molecule has 1 aliphatic carbocycles. The van der Waals surface area contributed by atoms with Crippen molar-refractivity contribution in [2.24, 2.45) is 5.92 Å². The molecular formula is C17H21F2NO4. The zero-order valence-electron chi connectivity index (χ0n) is 13.5. The average Bonchev–Trinajstić information content (AvgIpc) is 3.34. The van der Waals surface area contributed by atoms with Crippen molar-refractivity contribution in [2.45, 2.75) is 38.6 Å². The van der Waals surface area contributed by atoms with Crippen LogP contribution in [-0.4, -0.2) is 41.1 Å². The normalized spacial score (nSPS) is 15.0. The van der Waals surface area contributed by atoms with Crippen LogP contribution in [0.4, 0.5) is 8.78 Å². The van der Waals surface area contributed by atoms with E-state index in [1.807, 2.05) is 0 Å². The maximum atomic E-state index is 13.4. The van der Waals surface area contributed by atoms with Gasteiger partial charge >= 0.3 is 5.97 Å². The molecule has 24 heavy (non-hydrogen) atoms. The number of ether oxygens (including phenoxy) is 1. The third kappa shape index (κ3) is 5.18. The zero-order chi connectivity index (χ0) is 17.7. The second kappa shape index (κ2) is 8.08. The number of hydrogen-bond acceptors (Lipinski definition) is 3. The molecule has 0 radical (unpaired) electrons. The summed E-state index contributed by atoms with van der Waals surface area (Å²) in [5, 5.41) is 8.98. The molecule has 0 spiro atoms. The number of aliphatic carboxylic acids is 1. The third-order valence-electron chi connectivity index (χ3n) is 3.89. The maximum Gasteiger partial charge on any atom is 0.308 e. The molecule has 1 saturated carbocycles. The average molecular weight is 341 g/mol. The number of carbonyl (C=O) groups is 2. The van der Waals surface area contributed by atoms with E-state index in [9.17, 15) is 18.4 Å². The van der Waals surface area contributed by atoms with Gasteiger partial charge in [0.15, 0.2) is 11.6 Å². The molecule has 2 rings (SSSR count). The Hall–Kier alpha value is -2.18. The molecule has 1 N–H and O–H groups in total. The molecule has 1 aromatic rings. The van der Waals surface area contributed by atoms with E-state index in [1.165, 1.54) is 6.07 Å². The second-order valence-electron chi connectivity index (χ2n) is 6.04. The highest BCUT2D eigenvalue weighted by Crippen LogP contribution is 2.28. The fourth-order valence-corrected chi connectivity index (χ4v) is 2.36. The Labute approximate surface area is 139 Å². The highest BCUT2D eigenvalue weighted by atomic mass is 19.1. The number of halogens is 2. The predicted molar refractivity (Wildman–Crippen MR) is 82.6 cm³/mol. The van der Waals surface area contributed by atoms with Gasteiger partial charge in [0.25, 0.3) is 0 Å². The molecule has 1 aromatic carbocycles. The van der Waals surface area contributed by atoms with Crippen LogP contribution in [0.25, 0.3) is 0 Å². The van der Waals surface area contributed by atoms with Crippen LogP contribution in [-0.2, 0) is 9.59 Å². The molecule has 1 aliphatic rings. The van der Waals surface area contributed by atoms with Crippen molar-refractivity contribution in [2.75, 3.05) is 13.2 Å². The van der Waals surface area contributed by atoms with Crippen molar-refractivity contribution in [3.8, 4) is 5.75 Å². The van der Waals surface area contributed by atoms with Gasteiger partial charge in [0, 0.05) is 25.1 Å². The summed E-state index contributed by atoms with van der Waals surface area (Å²) >= 11 is 0. The van der Waals surface area contributed by atoms with E-state index in [0.29, 0.717) is 6.42 Å². The summed E-state index contributed by atoms with van der Waals surface area (Å²) < 4.78 is 31.4. The van der Waals surface area contributed by atoms with Crippen molar-refractivity contribution in [3.63, 3.8) is 0 Å². The Morgan fingerprint density at radius 1 is 1.38 bits per heavy atom. The van der Waals surface area contributed by atoms with Gasteiger partial charge in [-0.25, -0.2) is 8.78 Å². The van der Waals surface area contributed by atoms with Crippen molar-refractivity contribution in [1.82, 2.24) is 4.90 Å². The van der Waals surface area contributed by atoms with Crippen LogP contribution in [0, 0.1) is 17.6 Å². The van der Waals surface area contributed by atoms with Crippen LogP contribution >= 0.6 is 0 Å². The minimum atomic E-state index is -0.927. The van der Waals surface area contributed by atoms with Crippen LogP contribution in [0.2, 0.25) is 0 Å². The summed E-state index contributed by atoms with van der Waals surface area (Å²) in [5.41, 5.74) is 0. The Morgan fingerprint density at radius 3 is 2.67 bits per heavy atom. The van der Waals surface area contributed by atoms with Gasteiger partial charge in [-0.05, 0) is 31.4 Å². The molecular weight excluding hydrogens is 320 g/mol. The third-order valence-corrected chi connectivity index (χ3v) is 3.89. The van der Waals surface area contributed by atoms with E-state index in [2.05, 4.69) is 0 Å². The molecule has 7 heteroatoms. The second-order valence-corrected chi connectivity index (χ2v) is 6.04. The number of carboxylic acid groups (broad SMARTS) is 1. The van der Waals surface area contributed by atoms with E-state index in [1.54, 1.807) is 11.8 Å². The molecule has 0 aromatic heterocycles. The minimum Gasteiger partial charge on any atom is -0.491 e. The van der Waals surface area contributed by atoms with Crippen LogP contribution in [0.3, 0.4) is 0 Å². The molecule has 0 aliphatic heterocycles. The summed E-state index contributed by atoms with van der Waals surface area (Å²) in [6, 6.07) is 3.18. The Balaban J connectivity index is 1.77. The molecule has 0 bridgehead atoms. The number of amides is 1. The molecule has 1 unspecified atom stereocenters. The number of benzene rings is 1. The lowest BCUT2D eigenvalue weighted by atomic mass is 10.1. The standard InChI is InChI=1S/C17H21F2NO4/c1-11(17(22)23)10-20(13-5-6-13)16(21)3-2-8-24-15-7-4-12(18)9-14(15)19/h4,7,9,11,13H,2-3,5-6,8,10H2,1H3,(H,22,23). The SMILES string of the molecule is CC(CN(C(=O)CCCOc1ccc(F)cc1F)C1CC1)C(=O)O. The van der Waals surface area contributed by atoms with E-state index in [4.69, 9.17) is 9.84 Å². The van der Waals surface area contributed by atoms with Crippen molar-refractivity contribution in [1.29, 1.82) is 0 Å². The first kappa shape index (κ1) is 18.2. The topological polar surface area (TPSA) is 66.8 Å². The summed E-state index contributed by atoms with van der Waals surface area (Å²) in [4.78, 5) is 24.8. The van der Waals surface area contributed by atoms with Gasteiger partial charge in [-0.1, -0.05) is 6.92 Å². The number of carboxylic acids is 1. The lowest BCUT2D eigenvalue weighted by molar-refractivity contribution is -0.143. The quantitative estimate of drug-likeness (QED) is 0.702. The highest BCUT2D eigenvalue weighted by molar-refractivity contribution is 5.78. The lowest BCUT2D eigenvalue weighted by Gasteiger charge is -2.24. The Kier molecular flexibility index (Phi) is 6.11. The number of rotatable bonds is 9. The molecule has 1 atom stereocenters. The van der Waals surface area contributed by atoms with Crippen molar-refractivity contribution < 1.29 is 28.2 Å². The summed E-state index contributed by atoms with van der Waals surface area (Å²) in [7, 11) is 0. The zero-order valence-corrected chi connectivity index (χ0v) is 13.5. The molecule has 132 valence electrons. The number of carbonyl (C=O) groups excluding carboxylic acids is 1. The van der Waals surface area contributed by atoms with Gasteiger partial charge in [0.1, 0.15) is 5.82 Å². The van der Waals surface area contributed by atoms with Gasteiger partial charge in [-0.3, -0.25) is 9.59 Å². The minimum absolute atomic E-state index is 0.0533. The molecule has 1 amide bonds. The van der Waals surface area contributed by atoms with Crippen molar-refractivity contribution >= 4 is 11.9 Å². The largest absolute Gasteiger partial charge is 0.491 e. The first-order valence-electron chi connectivity index (χ1n) is 7.98. The van der Waals surface area contributed by atoms with Crippen LogP contribution in [0.1, 0.15) is 32.6 Å². The maximum absolute atomic E-state index is 13.4. The van der Waals surface area contributed by atoms with E-state index >= 15 is 0 Å². The van der Waals surface area contributed by atoms with Crippen LogP contribution in [0.15, 0.2) is 18.2 Å². The molecule has 0 heterocycles. The Bertz CT molecular complexity index is 604. The van der Waals surface area contributed by atoms with Crippen molar-refractivity contribution in [3.05, 3.63) is 29.8 Å². The van der Waals surface area contributed by atoms with Gasteiger partial charge in [0.05, 0.1) is 12.5 Å². The van der Waals surface area contributed by atoms with Gasteiger partial charge < -0.3 is 14.7 Å². The first-order chi connectivity index (χ1) is 11.4. The van der Waals surface area contributed by atoms with Crippen LogP contribution < -0.4 is 4.74 Å². The fourth-order valence-electron chi connectivity index (χ4n) is 2.36. The number of nitrogens with zero attached hydrogens (tertiary/aromatic N) is 1. The summed E-state index contributed by atoms with van der Waals surface area (Å²) in [6.07, 6.45) is 2.37. The van der Waals surface area contributed by atoms with Crippen LogP contribution in [0.5, 0.6) is 5.75 Å². The van der Waals surface area contributed by atoms with E-state index in [0.717, 1.165) is 25.0 Å². The fraction of sp³-hybridized carbons (Fsp3) is 0.529. The highest BCUT2D eigenvalue weighted by Gasteiger charge is 2.34. The Morgan fingerprint density at radius 2 is 2.08 bits per heavy atom. The molecule has 1 fully saturated rings. The lowest BCUT2D eigenvalue weighted by Crippen LogP contribution is -2.38. The van der Waals surface area contributed by atoms with Gasteiger partial charge in [0.2, 0.25) is 5.91 Å². The smallest absolute Gasteiger partial charge is 0.308 e. The van der Waals surface area contributed by atoms with Gasteiger partial charge in [-0.2, -0.15) is 0 Å². The molecule has 5 nitrogen and oxygen atoms in total. The summed E-state index contributed by atoms with van der Waals surface area (Å²) in [6.45, 7) is 1.90. The number of hydrogen-bond donors (Lipinski definition) is 1. The van der Waals surface area contributed by atoms with E-state index < -0.39 is 23.5 Å². The summed E-state index contributed by atoms with van der Waals surface area (Å²) in [5.74, 6) is -3.17. The monoisotopic (exact) mass is 341 g/mol. The molecule has 0 saturated heterocycles. The first-order valence-corrected chi connectivity index (χ1v) is 7.98. The van der Waals surface area contributed by atoms with E-state index in [-0.39, 0.29) is 37.3 Å². The van der Waals surface area contributed by atoms with Gasteiger partial charge in [-0.15, -0.1) is 0 Å².